The van der Waals surface area contributed by atoms with Crippen LogP contribution >= 0.6 is 0 Å². The third-order valence-corrected chi connectivity index (χ3v) is 3.22. The van der Waals surface area contributed by atoms with Crippen LogP contribution < -0.4 is 0 Å². The average Bonchev–Trinajstić information content (AvgIpc) is 2.96. The summed E-state index contributed by atoms with van der Waals surface area (Å²) < 4.78 is 5.89. The third kappa shape index (κ3) is 2.94. The molecule has 0 amide bonds. The van der Waals surface area contributed by atoms with E-state index in [1.807, 2.05) is 24.3 Å². The smallest absolute Gasteiger partial charge is 0.134 e. The summed E-state index contributed by atoms with van der Waals surface area (Å²) in [7, 11) is 0. The van der Waals surface area contributed by atoms with E-state index >= 15 is 0 Å². The fourth-order valence-corrected chi connectivity index (χ4v) is 2.18. The molecular weight excluding hydrogens is 232 g/mol. The SMILES string of the molecule is c1ccc(CCc2ccc(-c3ccccc3)o2)cc1. The normalized spacial score (nSPS) is 10.5. The van der Waals surface area contributed by atoms with Crippen molar-refractivity contribution in [1.82, 2.24) is 0 Å². The van der Waals surface area contributed by atoms with Gasteiger partial charge in [-0.1, -0.05) is 60.7 Å². The molecule has 0 unspecified atom stereocenters. The molecule has 3 rings (SSSR count). The Morgan fingerprint density at radius 1 is 0.632 bits per heavy atom. The number of hydrogen-bond donors (Lipinski definition) is 0. The van der Waals surface area contributed by atoms with Gasteiger partial charge >= 0.3 is 0 Å². The number of aryl methyl sites for hydroxylation is 2. The molecule has 1 heterocycles. The molecule has 1 nitrogen and oxygen atoms in total. The molecule has 0 aliphatic carbocycles. The molecule has 0 atom stereocenters. The van der Waals surface area contributed by atoms with Crippen LogP contribution in [0.15, 0.2) is 77.2 Å². The molecule has 94 valence electrons. The predicted octanol–water partition coefficient (Wildman–Crippen LogP) is 4.73. The summed E-state index contributed by atoms with van der Waals surface area (Å²) in [6, 6.07) is 24.8. The van der Waals surface area contributed by atoms with E-state index in [-0.39, 0.29) is 0 Å². The maximum atomic E-state index is 5.89. The molecule has 0 aliphatic rings. The highest BCUT2D eigenvalue weighted by atomic mass is 16.3. The van der Waals surface area contributed by atoms with Crippen LogP contribution in [0.2, 0.25) is 0 Å². The van der Waals surface area contributed by atoms with Crippen LogP contribution in [0.5, 0.6) is 0 Å². The van der Waals surface area contributed by atoms with Gasteiger partial charge in [-0.05, 0) is 24.1 Å². The zero-order valence-corrected chi connectivity index (χ0v) is 10.8. The zero-order valence-electron chi connectivity index (χ0n) is 10.8. The van der Waals surface area contributed by atoms with E-state index in [0.29, 0.717) is 0 Å². The van der Waals surface area contributed by atoms with E-state index in [2.05, 4.69) is 48.5 Å². The quantitative estimate of drug-likeness (QED) is 0.650. The lowest BCUT2D eigenvalue weighted by Crippen LogP contribution is -1.88. The molecule has 0 spiro atoms. The first-order chi connectivity index (χ1) is 9.42. The van der Waals surface area contributed by atoms with Gasteiger partial charge in [0, 0.05) is 12.0 Å². The molecule has 0 fully saturated rings. The summed E-state index contributed by atoms with van der Waals surface area (Å²) in [6.07, 6.45) is 1.96. The Hall–Kier alpha value is -2.28. The van der Waals surface area contributed by atoms with Gasteiger partial charge in [0.25, 0.3) is 0 Å². The van der Waals surface area contributed by atoms with Gasteiger partial charge in [0.05, 0.1) is 0 Å². The van der Waals surface area contributed by atoms with Crippen molar-refractivity contribution in [3.8, 4) is 11.3 Å². The maximum Gasteiger partial charge on any atom is 0.134 e. The first kappa shape index (κ1) is 11.8. The monoisotopic (exact) mass is 248 g/mol. The molecule has 0 aliphatic heterocycles. The molecule has 0 saturated carbocycles. The van der Waals surface area contributed by atoms with Gasteiger partial charge in [0.1, 0.15) is 11.5 Å². The first-order valence-electron chi connectivity index (χ1n) is 6.60. The largest absolute Gasteiger partial charge is 0.461 e. The molecule has 0 saturated heterocycles. The van der Waals surface area contributed by atoms with E-state index in [4.69, 9.17) is 4.42 Å². The maximum absolute atomic E-state index is 5.89. The fourth-order valence-electron chi connectivity index (χ4n) is 2.18. The second-order valence-electron chi connectivity index (χ2n) is 4.62. The van der Waals surface area contributed by atoms with E-state index in [1.165, 1.54) is 5.56 Å². The molecule has 1 aromatic heterocycles. The van der Waals surface area contributed by atoms with Crippen LogP contribution in [0.4, 0.5) is 0 Å². The summed E-state index contributed by atoms with van der Waals surface area (Å²) >= 11 is 0. The number of benzene rings is 2. The molecule has 19 heavy (non-hydrogen) atoms. The third-order valence-electron chi connectivity index (χ3n) is 3.22. The molecule has 1 heteroatoms. The van der Waals surface area contributed by atoms with Crippen LogP contribution in [0.25, 0.3) is 11.3 Å². The summed E-state index contributed by atoms with van der Waals surface area (Å²) in [5.74, 6) is 1.99. The van der Waals surface area contributed by atoms with Crippen LogP contribution in [-0.4, -0.2) is 0 Å². The molecule has 0 radical (unpaired) electrons. The van der Waals surface area contributed by atoms with Crippen molar-refractivity contribution in [3.05, 3.63) is 84.1 Å². The average molecular weight is 248 g/mol. The molecule has 0 bridgehead atoms. The highest BCUT2D eigenvalue weighted by Gasteiger charge is 2.04. The van der Waals surface area contributed by atoms with Crippen LogP contribution in [0.1, 0.15) is 11.3 Å². The van der Waals surface area contributed by atoms with Crippen LogP contribution in [0.3, 0.4) is 0 Å². The number of hydrogen-bond acceptors (Lipinski definition) is 1. The van der Waals surface area contributed by atoms with E-state index in [0.717, 1.165) is 29.9 Å². The molecule has 3 aromatic rings. The lowest BCUT2D eigenvalue weighted by molar-refractivity contribution is 0.521. The van der Waals surface area contributed by atoms with Gasteiger partial charge in [-0.2, -0.15) is 0 Å². The van der Waals surface area contributed by atoms with Gasteiger partial charge < -0.3 is 4.42 Å². The van der Waals surface area contributed by atoms with Gasteiger partial charge in [-0.15, -0.1) is 0 Å². The van der Waals surface area contributed by atoms with Crippen molar-refractivity contribution in [3.63, 3.8) is 0 Å². The Balaban J connectivity index is 1.69. The minimum atomic E-state index is 0.941. The highest BCUT2D eigenvalue weighted by molar-refractivity contribution is 5.57. The van der Waals surface area contributed by atoms with Crippen molar-refractivity contribution in [2.45, 2.75) is 12.8 Å². The Bertz CT molecular complexity index is 623. The first-order valence-corrected chi connectivity index (χ1v) is 6.60. The van der Waals surface area contributed by atoms with Crippen LogP contribution in [0, 0.1) is 0 Å². The second-order valence-corrected chi connectivity index (χ2v) is 4.62. The van der Waals surface area contributed by atoms with Gasteiger partial charge in [-0.3, -0.25) is 0 Å². The Morgan fingerprint density at radius 2 is 1.32 bits per heavy atom. The van der Waals surface area contributed by atoms with Crippen molar-refractivity contribution in [2.24, 2.45) is 0 Å². The summed E-state index contributed by atoms with van der Waals surface area (Å²) in [5.41, 5.74) is 2.48. The Kier molecular flexibility index (Phi) is 3.46. The second kappa shape index (κ2) is 5.57. The Labute approximate surface area is 113 Å². The van der Waals surface area contributed by atoms with Gasteiger partial charge in [0.2, 0.25) is 0 Å². The van der Waals surface area contributed by atoms with E-state index in [9.17, 15) is 0 Å². The Morgan fingerprint density at radius 3 is 2.05 bits per heavy atom. The summed E-state index contributed by atoms with van der Waals surface area (Å²) in [6.45, 7) is 0. The standard InChI is InChI=1S/C18H16O/c1-3-7-15(8-4-1)11-12-17-13-14-18(19-17)16-9-5-2-6-10-16/h1-10,13-14H,11-12H2. The van der Waals surface area contributed by atoms with Crippen molar-refractivity contribution < 1.29 is 4.42 Å². The highest BCUT2D eigenvalue weighted by Crippen LogP contribution is 2.22. The zero-order chi connectivity index (χ0) is 12.9. The predicted molar refractivity (Wildman–Crippen MR) is 78.0 cm³/mol. The van der Waals surface area contributed by atoms with Crippen molar-refractivity contribution in [1.29, 1.82) is 0 Å². The van der Waals surface area contributed by atoms with Crippen molar-refractivity contribution in [2.75, 3.05) is 0 Å². The van der Waals surface area contributed by atoms with Crippen LogP contribution in [-0.2, 0) is 12.8 Å². The summed E-state index contributed by atoms with van der Waals surface area (Å²) in [4.78, 5) is 0. The summed E-state index contributed by atoms with van der Waals surface area (Å²) in [5, 5.41) is 0. The van der Waals surface area contributed by atoms with Gasteiger partial charge in [0.15, 0.2) is 0 Å². The molecule has 0 N–H and O–H groups in total. The van der Waals surface area contributed by atoms with Crippen molar-refractivity contribution >= 4 is 0 Å². The molecule has 2 aromatic carbocycles. The van der Waals surface area contributed by atoms with E-state index in [1.54, 1.807) is 0 Å². The minimum absolute atomic E-state index is 0.941. The van der Waals surface area contributed by atoms with Gasteiger partial charge in [-0.25, -0.2) is 0 Å². The fraction of sp³-hybridized carbons (Fsp3) is 0.111. The number of furan rings is 1. The topological polar surface area (TPSA) is 13.1 Å². The minimum Gasteiger partial charge on any atom is -0.461 e. The van der Waals surface area contributed by atoms with E-state index < -0.39 is 0 Å². The molecular formula is C18H16O. The number of rotatable bonds is 4. The lowest BCUT2D eigenvalue weighted by atomic mass is 10.1. The lowest BCUT2D eigenvalue weighted by Gasteiger charge is -1.99.